The van der Waals surface area contributed by atoms with E-state index in [1.54, 1.807) is 73.6 Å². The fourth-order valence-corrected chi connectivity index (χ4v) is 10.9. The van der Waals surface area contributed by atoms with Crippen LogP contribution in [-0.4, -0.2) is 66.4 Å². The molecule has 0 bridgehead atoms. The Bertz CT molecular complexity index is 3820. The van der Waals surface area contributed by atoms with E-state index >= 15 is 4.39 Å². The summed E-state index contributed by atoms with van der Waals surface area (Å²) < 4.78 is 81.4. The van der Waals surface area contributed by atoms with E-state index in [1.165, 1.54) is 12.4 Å². The molecule has 0 spiro atoms. The summed E-state index contributed by atoms with van der Waals surface area (Å²) in [7, 11) is 2.16. The van der Waals surface area contributed by atoms with Crippen molar-refractivity contribution in [2.24, 2.45) is 14.1 Å². The highest BCUT2D eigenvalue weighted by atomic mass is 35.7. The van der Waals surface area contributed by atoms with Crippen LogP contribution in [0.3, 0.4) is 0 Å². The van der Waals surface area contributed by atoms with E-state index < -0.39 is 24.9 Å². The third-order valence-corrected chi connectivity index (χ3v) is 16.0. The highest BCUT2D eigenvalue weighted by Crippen LogP contribution is 2.40. The number of rotatable bonds is 8. The molecule has 0 atom stereocenters. The van der Waals surface area contributed by atoms with E-state index in [0.29, 0.717) is 57.6 Å². The summed E-state index contributed by atoms with van der Waals surface area (Å²) in [5.74, 6) is -0.824. The summed E-state index contributed by atoms with van der Waals surface area (Å²) in [5, 5.41) is 2.63. The first-order valence-electron chi connectivity index (χ1n) is 21.7. The number of nitrogen functional groups attached to an aromatic ring is 1. The van der Waals surface area contributed by atoms with E-state index in [4.69, 9.17) is 16.4 Å². The standard InChI is InChI=1S/C25H20FN5O2S.C22H16FN5.C3H5ClO2S/c1-31-22-14-28-21(16-3-2-10-27-12-16)11-19(22)24-23(20(26)13-29-25(24)31)15-4-6-17(7-5-15)30-34(32,33)18-8-9-18;1-28-19-12-26-18(14-3-2-8-25-10-14)9-16(19)21-20(17(23)11-27-22(21)28)13-4-6-15(24)7-5-13;4-7(5,6)3-1-2-3/h2-7,10-14,18,30H,8-9H2,1H3;2-12H,24H2,1H3;3H,1-2H2. The van der Waals surface area contributed by atoms with Gasteiger partial charge in [-0.3, -0.25) is 24.7 Å². The van der Waals surface area contributed by atoms with Gasteiger partial charge in [-0.1, -0.05) is 24.3 Å². The molecule has 2 fully saturated rings. The minimum atomic E-state index is -3.37. The lowest BCUT2D eigenvalue weighted by molar-refractivity contribution is 0.599. The number of hydrogen-bond donors (Lipinski definition) is 2. The second-order valence-corrected chi connectivity index (χ2v) is 21.7. The van der Waals surface area contributed by atoms with Crippen LogP contribution in [0.1, 0.15) is 25.7 Å². The number of sulfonamides is 1. The molecule has 14 nitrogen and oxygen atoms in total. The Hall–Kier alpha value is -7.41. The molecular formula is C50H41ClF2N10O4S2. The Morgan fingerprint density at radius 2 is 1.04 bits per heavy atom. The first-order valence-corrected chi connectivity index (χ1v) is 25.7. The second-order valence-electron chi connectivity index (χ2n) is 16.9. The van der Waals surface area contributed by atoms with Gasteiger partial charge in [0.25, 0.3) is 0 Å². The minimum Gasteiger partial charge on any atom is -0.399 e. The average Bonchev–Trinajstić information content (AvgIpc) is 4.30. The maximum absolute atomic E-state index is 15.2. The zero-order chi connectivity index (χ0) is 48.2. The minimum absolute atomic E-state index is 0.214. The Kier molecular flexibility index (Phi) is 11.8. The smallest absolute Gasteiger partial charge is 0.235 e. The Morgan fingerprint density at radius 1 is 0.594 bits per heavy atom. The van der Waals surface area contributed by atoms with Gasteiger partial charge in [0.1, 0.15) is 22.9 Å². The molecule has 8 heterocycles. The average molecular weight is 984 g/mol. The molecular weight excluding hydrogens is 942 g/mol. The van der Waals surface area contributed by atoms with Crippen molar-refractivity contribution in [3.05, 3.63) is 146 Å². The largest absolute Gasteiger partial charge is 0.399 e. The molecule has 2 aromatic carbocycles. The van der Waals surface area contributed by atoms with Crippen molar-refractivity contribution in [1.82, 2.24) is 39.0 Å². The number of nitrogens with zero attached hydrogens (tertiary/aromatic N) is 8. The molecule has 0 aliphatic heterocycles. The Labute approximate surface area is 399 Å². The number of nitrogens with two attached hydrogens (primary N) is 1. The third-order valence-electron chi connectivity index (χ3n) is 12.1. The van der Waals surface area contributed by atoms with Crippen molar-refractivity contribution in [1.29, 1.82) is 0 Å². The molecule has 3 N–H and O–H groups in total. The molecule has 2 aliphatic rings. The van der Waals surface area contributed by atoms with E-state index in [-0.39, 0.29) is 16.3 Å². The number of hydrogen-bond acceptors (Lipinski definition) is 11. The van der Waals surface area contributed by atoms with Crippen LogP contribution in [-0.2, 0) is 33.2 Å². The zero-order valence-electron chi connectivity index (χ0n) is 36.9. The number of anilines is 2. The molecule has 2 saturated carbocycles. The summed E-state index contributed by atoms with van der Waals surface area (Å²) in [6.07, 6.45) is 15.8. The second kappa shape index (κ2) is 17.9. The van der Waals surface area contributed by atoms with Gasteiger partial charge in [-0.2, -0.15) is 0 Å². The summed E-state index contributed by atoms with van der Waals surface area (Å²) in [4.78, 5) is 26.2. The Morgan fingerprint density at radius 3 is 1.43 bits per heavy atom. The SMILES string of the molecule is Cn1c2cnc(-c3cccnc3)cc2c2c(-c3ccc(N)cc3)c(F)cnc21.Cn1c2cnc(-c3cccnc3)cc2c2c(-c3ccc(NS(=O)(=O)C4CC4)cc3)c(F)cnc21.O=S(=O)(Cl)C1CC1. The topological polar surface area (TPSA) is 194 Å². The van der Waals surface area contributed by atoms with Crippen LogP contribution in [0.4, 0.5) is 20.2 Å². The summed E-state index contributed by atoms with van der Waals surface area (Å²) in [6.45, 7) is 0. The molecule has 0 unspecified atom stereocenters. The molecule has 19 heteroatoms. The molecule has 0 amide bonds. The van der Waals surface area contributed by atoms with Crippen molar-refractivity contribution in [2.75, 3.05) is 10.5 Å². The monoisotopic (exact) mass is 982 g/mol. The highest BCUT2D eigenvalue weighted by molar-refractivity contribution is 8.14. The first kappa shape index (κ1) is 45.4. The van der Waals surface area contributed by atoms with E-state index in [1.807, 2.05) is 71.8 Å². The van der Waals surface area contributed by atoms with Crippen molar-refractivity contribution < 1.29 is 25.6 Å². The molecule has 10 aromatic rings. The van der Waals surface area contributed by atoms with Crippen LogP contribution in [0, 0.1) is 11.6 Å². The van der Waals surface area contributed by atoms with Crippen LogP contribution in [0.15, 0.2) is 135 Å². The van der Waals surface area contributed by atoms with Crippen molar-refractivity contribution >= 4 is 85.0 Å². The molecule has 0 radical (unpaired) electrons. The van der Waals surface area contributed by atoms with Crippen LogP contribution in [0.5, 0.6) is 0 Å². The molecule has 2 aliphatic carbocycles. The van der Waals surface area contributed by atoms with E-state index in [0.717, 1.165) is 68.1 Å². The zero-order valence-corrected chi connectivity index (χ0v) is 39.3. The van der Waals surface area contributed by atoms with Gasteiger partial charge in [0.05, 0.1) is 57.7 Å². The quantitative estimate of drug-likeness (QED) is 0.109. The first-order chi connectivity index (χ1) is 33.2. The number of nitrogens with one attached hydrogen (secondary N) is 1. The van der Waals surface area contributed by atoms with Crippen molar-refractivity contribution in [3.63, 3.8) is 0 Å². The fourth-order valence-electron chi connectivity index (χ4n) is 8.27. The maximum Gasteiger partial charge on any atom is 0.235 e. The highest BCUT2D eigenvalue weighted by Gasteiger charge is 2.36. The number of fused-ring (bicyclic) bond motifs is 6. The third kappa shape index (κ3) is 9.05. The number of aromatic nitrogens is 8. The van der Waals surface area contributed by atoms with Crippen LogP contribution in [0.25, 0.3) is 88.6 Å². The van der Waals surface area contributed by atoms with Gasteiger partial charge in [-0.25, -0.2) is 35.6 Å². The molecule has 12 rings (SSSR count). The molecule has 348 valence electrons. The molecule has 8 aromatic heterocycles. The normalized spacial score (nSPS) is 13.8. The van der Waals surface area contributed by atoms with Crippen molar-refractivity contribution in [2.45, 2.75) is 36.2 Å². The van der Waals surface area contributed by atoms with Gasteiger partial charge in [0.2, 0.25) is 19.1 Å². The number of benzene rings is 2. The lowest BCUT2D eigenvalue weighted by Crippen LogP contribution is -2.17. The predicted molar refractivity (Wildman–Crippen MR) is 267 cm³/mol. The van der Waals surface area contributed by atoms with Crippen LogP contribution in [0.2, 0.25) is 0 Å². The van der Waals surface area contributed by atoms with Gasteiger partial charge >= 0.3 is 0 Å². The summed E-state index contributed by atoms with van der Waals surface area (Å²) in [5.41, 5.74) is 15.5. The number of pyridine rings is 6. The maximum atomic E-state index is 15.2. The van der Waals surface area contributed by atoms with Gasteiger partial charge in [0.15, 0.2) is 0 Å². The van der Waals surface area contributed by atoms with Gasteiger partial charge in [0, 0.05) is 105 Å². The van der Waals surface area contributed by atoms with Crippen molar-refractivity contribution in [3.8, 4) is 44.8 Å². The predicted octanol–water partition coefficient (Wildman–Crippen LogP) is 10.2. The lowest BCUT2D eigenvalue weighted by Gasteiger charge is -2.10. The molecule has 69 heavy (non-hydrogen) atoms. The number of halogens is 3. The van der Waals surface area contributed by atoms with Gasteiger partial charge in [-0.05, 0) is 97.5 Å². The van der Waals surface area contributed by atoms with Gasteiger partial charge < -0.3 is 14.9 Å². The van der Waals surface area contributed by atoms with E-state index in [9.17, 15) is 21.2 Å². The van der Waals surface area contributed by atoms with Gasteiger partial charge in [-0.15, -0.1) is 0 Å². The van der Waals surface area contributed by atoms with Crippen LogP contribution >= 0.6 is 10.7 Å². The Balaban J connectivity index is 0.000000142. The molecule has 0 saturated heterocycles. The number of aryl methyl sites for hydroxylation is 2. The van der Waals surface area contributed by atoms with Crippen LogP contribution < -0.4 is 10.5 Å². The fraction of sp³-hybridized carbons (Fsp3) is 0.160. The van der Waals surface area contributed by atoms with E-state index in [2.05, 4.69) is 34.6 Å². The summed E-state index contributed by atoms with van der Waals surface area (Å²) in [6, 6.07) is 25.5. The lowest BCUT2D eigenvalue weighted by atomic mass is 10.0. The summed E-state index contributed by atoms with van der Waals surface area (Å²) >= 11 is 0.